The molecule has 0 bridgehead atoms. The van der Waals surface area contributed by atoms with Crippen LogP contribution < -0.4 is 0 Å². The topological polar surface area (TPSA) is 17.1 Å². The van der Waals surface area contributed by atoms with Crippen LogP contribution in [0, 0.1) is 17.3 Å². The van der Waals surface area contributed by atoms with Crippen LogP contribution in [0.5, 0.6) is 0 Å². The zero-order valence-electron chi connectivity index (χ0n) is 8.17. The second-order valence-corrected chi connectivity index (χ2v) is 4.59. The minimum absolute atomic E-state index is 0. The molecule has 0 N–H and O–H groups in total. The van der Waals surface area contributed by atoms with Crippen LogP contribution in [0.3, 0.4) is 0 Å². The average molecular weight is 178 g/mol. The third-order valence-corrected chi connectivity index (χ3v) is 4.19. The summed E-state index contributed by atoms with van der Waals surface area (Å²) in [4.78, 5) is 11.3. The van der Waals surface area contributed by atoms with Crippen LogP contribution in [0.4, 0.5) is 0 Å². The van der Waals surface area contributed by atoms with Gasteiger partial charge in [0.1, 0.15) is 6.29 Å². The average Bonchev–Trinajstić information content (AvgIpc) is 2.56. The van der Waals surface area contributed by atoms with Gasteiger partial charge in [-0.2, -0.15) is 0 Å². The van der Waals surface area contributed by atoms with Gasteiger partial charge in [-0.3, -0.25) is 0 Å². The lowest BCUT2D eigenvalue weighted by atomic mass is 9.65. The van der Waals surface area contributed by atoms with E-state index in [0.717, 1.165) is 6.42 Å². The predicted octanol–water partition coefficient (Wildman–Crippen LogP) is 2.96. The molecular weight excluding hydrogens is 160 g/mol. The lowest BCUT2D eigenvalue weighted by Crippen LogP contribution is -2.35. The number of carbonyl (C=O) groups is 1. The maximum absolute atomic E-state index is 11.3. The number of hydrogen-bond acceptors (Lipinski definition) is 1. The molecule has 1 nitrogen and oxygen atoms in total. The van der Waals surface area contributed by atoms with Crippen LogP contribution in [0.15, 0.2) is 12.7 Å². The van der Waals surface area contributed by atoms with Gasteiger partial charge in [0.2, 0.25) is 0 Å². The normalized spacial score (nSPS) is 44.0. The Kier molecular flexibility index (Phi) is 2.27. The Balaban J connectivity index is 2.27. The first-order chi connectivity index (χ1) is 6.33. The second-order valence-electron chi connectivity index (χ2n) is 4.59. The lowest BCUT2D eigenvalue weighted by Gasteiger charge is -2.38. The van der Waals surface area contributed by atoms with E-state index in [0.29, 0.717) is 11.8 Å². The molecule has 72 valence electrons. The van der Waals surface area contributed by atoms with Crippen LogP contribution in [0.1, 0.15) is 38.5 Å². The van der Waals surface area contributed by atoms with Gasteiger partial charge in [0.25, 0.3) is 0 Å². The molecule has 0 aliphatic heterocycles. The molecule has 13 heavy (non-hydrogen) atoms. The van der Waals surface area contributed by atoms with Crippen molar-refractivity contribution in [3.05, 3.63) is 12.7 Å². The summed E-state index contributed by atoms with van der Waals surface area (Å²) in [5.74, 6) is 1.14. The molecular formula is C12H18O. The molecule has 0 saturated heterocycles. The Morgan fingerprint density at radius 3 is 2.77 bits per heavy atom. The molecule has 0 aromatic rings. The summed E-state index contributed by atoms with van der Waals surface area (Å²) in [6, 6.07) is 0. The standard InChI is InChI=1S/C12H18O/c1-2-10-6-7-11-5-3-4-8-12(10,11)9-13/h2,9-11H,1,3-8H2/t10?,11-,12-/m1/s1. The Labute approximate surface area is 80.2 Å². The predicted molar refractivity (Wildman–Crippen MR) is 53.4 cm³/mol. The van der Waals surface area contributed by atoms with E-state index in [1.165, 1.54) is 38.4 Å². The number of carbonyl (C=O) groups excluding carboxylic acids is 1. The maximum atomic E-state index is 11.3. The van der Waals surface area contributed by atoms with Crippen molar-refractivity contribution in [2.24, 2.45) is 17.3 Å². The van der Waals surface area contributed by atoms with Gasteiger partial charge in [0, 0.05) is 5.41 Å². The first-order valence-electron chi connectivity index (χ1n) is 5.42. The van der Waals surface area contributed by atoms with Gasteiger partial charge in [-0.25, -0.2) is 0 Å². The quantitative estimate of drug-likeness (QED) is 0.469. The fraction of sp³-hybridized carbons (Fsp3) is 0.750. The lowest BCUT2D eigenvalue weighted by molar-refractivity contribution is -0.121. The molecule has 0 amide bonds. The van der Waals surface area contributed by atoms with Crippen molar-refractivity contribution in [1.29, 1.82) is 0 Å². The monoisotopic (exact) mass is 178 g/mol. The summed E-state index contributed by atoms with van der Waals surface area (Å²) in [5.41, 5.74) is 0. The fourth-order valence-corrected chi connectivity index (χ4v) is 3.43. The Morgan fingerprint density at radius 1 is 1.23 bits per heavy atom. The van der Waals surface area contributed by atoms with E-state index in [1.54, 1.807) is 0 Å². The van der Waals surface area contributed by atoms with Gasteiger partial charge in [-0.15, -0.1) is 6.58 Å². The Bertz CT molecular complexity index is 221. The largest absolute Gasteiger partial charge is 0.303 e. The van der Waals surface area contributed by atoms with Crippen molar-refractivity contribution in [3.63, 3.8) is 0 Å². The van der Waals surface area contributed by atoms with Gasteiger partial charge < -0.3 is 4.79 Å². The van der Waals surface area contributed by atoms with Gasteiger partial charge >= 0.3 is 0 Å². The fourth-order valence-electron chi connectivity index (χ4n) is 3.43. The van der Waals surface area contributed by atoms with E-state index < -0.39 is 0 Å². The summed E-state index contributed by atoms with van der Waals surface area (Å²) in [6.07, 6.45) is 10.6. The van der Waals surface area contributed by atoms with Crippen LogP contribution in [0.2, 0.25) is 0 Å². The summed E-state index contributed by atoms with van der Waals surface area (Å²) in [6.45, 7) is 3.87. The third kappa shape index (κ3) is 1.17. The highest BCUT2D eigenvalue weighted by molar-refractivity contribution is 5.62. The number of rotatable bonds is 2. The number of hydrogen-bond donors (Lipinski definition) is 0. The Hall–Kier alpha value is -0.590. The highest BCUT2D eigenvalue weighted by Crippen LogP contribution is 2.54. The highest BCUT2D eigenvalue weighted by atomic mass is 16.1. The van der Waals surface area contributed by atoms with E-state index in [2.05, 4.69) is 6.58 Å². The molecule has 0 spiro atoms. The molecule has 3 atom stereocenters. The van der Waals surface area contributed by atoms with Crippen molar-refractivity contribution in [2.75, 3.05) is 0 Å². The van der Waals surface area contributed by atoms with Crippen LogP contribution >= 0.6 is 0 Å². The molecule has 1 heteroatoms. The van der Waals surface area contributed by atoms with Crippen molar-refractivity contribution in [2.45, 2.75) is 38.5 Å². The van der Waals surface area contributed by atoms with Gasteiger partial charge in [0.15, 0.2) is 0 Å². The smallest absolute Gasteiger partial charge is 0.127 e. The van der Waals surface area contributed by atoms with E-state index >= 15 is 0 Å². The first kappa shape index (κ1) is 8.98. The zero-order valence-corrected chi connectivity index (χ0v) is 8.17. The number of aldehydes is 1. The molecule has 0 radical (unpaired) electrons. The summed E-state index contributed by atoms with van der Waals surface area (Å²) in [7, 11) is 0. The molecule has 1 unspecified atom stereocenters. The minimum Gasteiger partial charge on any atom is -0.303 e. The van der Waals surface area contributed by atoms with Gasteiger partial charge in [0.05, 0.1) is 0 Å². The third-order valence-electron chi connectivity index (χ3n) is 4.19. The van der Waals surface area contributed by atoms with Crippen molar-refractivity contribution in [1.82, 2.24) is 0 Å². The summed E-state index contributed by atoms with van der Waals surface area (Å²) < 4.78 is 0. The summed E-state index contributed by atoms with van der Waals surface area (Å²) in [5, 5.41) is 0. The molecule has 0 aromatic carbocycles. The Morgan fingerprint density at radius 2 is 2.08 bits per heavy atom. The molecule has 2 aliphatic rings. The maximum Gasteiger partial charge on any atom is 0.127 e. The molecule has 2 aliphatic carbocycles. The van der Waals surface area contributed by atoms with E-state index in [9.17, 15) is 4.79 Å². The molecule has 2 saturated carbocycles. The highest BCUT2D eigenvalue weighted by Gasteiger charge is 2.49. The number of allylic oxidation sites excluding steroid dienone is 1. The van der Waals surface area contributed by atoms with Crippen molar-refractivity contribution >= 4 is 6.29 Å². The van der Waals surface area contributed by atoms with E-state index in [4.69, 9.17) is 0 Å². The molecule has 2 fully saturated rings. The van der Waals surface area contributed by atoms with Gasteiger partial charge in [-0.1, -0.05) is 18.9 Å². The summed E-state index contributed by atoms with van der Waals surface area (Å²) >= 11 is 0. The SMILES string of the molecule is C=CC1CC[C@H]2CCCC[C@@]12C=O. The molecule has 0 heterocycles. The second kappa shape index (κ2) is 3.28. The molecule has 2 rings (SSSR count). The molecule has 0 aromatic heterocycles. The zero-order chi connectivity index (χ0) is 9.31. The van der Waals surface area contributed by atoms with Gasteiger partial charge in [-0.05, 0) is 37.5 Å². The van der Waals surface area contributed by atoms with Crippen molar-refractivity contribution < 1.29 is 4.79 Å². The minimum atomic E-state index is 0. The van der Waals surface area contributed by atoms with Crippen LogP contribution in [-0.4, -0.2) is 6.29 Å². The van der Waals surface area contributed by atoms with Crippen LogP contribution in [0.25, 0.3) is 0 Å². The first-order valence-corrected chi connectivity index (χ1v) is 5.42. The van der Waals surface area contributed by atoms with E-state index in [1.807, 2.05) is 6.08 Å². The van der Waals surface area contributed by atoms with Crippen LogP contribution in [-0.2, 0) is 4.79 Å². The number of fused-ring (bicyclic) bond motifs is 1. The van der Waals surface area contributed by atoms with E-state index in [-0.39, 0.29) is 5.41 Å². The van der Waals surface area contributed by atoms with Crippen molar-refractivity contribution in [3.8, 4) is 0 Å².